The molecule has 2 aromatic carbocycles. The zero-order valence-electron chi connectivity index (χ0n) is 14.8. The maximum atomic E-state index is 12.6. The first-order valence-electron chi connectivity index (χ1n) is 8.42. The molecule has 1 N–H and O–H groups in total. The predicted octanol–water partition coefficient (Wildman–Crippen LogP) is 2.23. The van der Waals surface area contributed by atoms with Crippen LogP contribution in [0.1, 0.15) is 17.5 Å². The minimum Gasteiger partial charge on any atom is -0.478 e. The van der Waals surface area contributed by atoms with E-state index in [1.807, 2.05) is 31.2 Å². The van der Waals surface area contributed by atoms with E-state index in [1.165, 1.54) is 4.31 Å². The number of para-hydroxylation sites is 2. The summed E-state index contributed by atoms with van der Waals surface area (Å²) in [5.41, 5.74) is 2.60. The SMILES string of the molecule is Cc1ccccc1CNC(=O)C1CCN(S(C)(=O)=O)c2ccccc2O1. The number of sulfonamides is 1. The Balaban J connectivity index is 1.76. The van der Waals surface area contributed by atoms with Gasteiger partial charge in [0.1, 0.15) is 5.75 Å². The summed E-state index contributed by atoms with van der Waals surface area (Å²) in [7, 11) is -3.45. The van der Waals surface area contributed by atoms with E-state index >= 15 is 0 Å². The number of carbonyl (C=O) groups excluding carboxylic acids is 1. The van der Waals surface area contributed by atoms with Crippen molar-refractivity contribution in [3.8, 4) is 5.75 Å². The molecule has 0 radical (unpaired) electrons. The van der Waals surface area contributed by atoms with Gasteiger partial charge in [-0.2, -0.15) is 0 Å². The predicted molar refractivity (Wildman–Crippen MR) is 101 cm³/mol. The van der Waals surface area contributed by atoms with Gasteiger partial charge in [-0.25, -0.2) is 8.42 Å². The molecule has 2 aromatic rings. The Morgan fingerprint density at radius 2 is 1.88 bits per heavy atom. The number of hydrogen-bond donors (Lipinski definition) is 1. The standard InChI is InChI=1S/C19H22N2O4S/c1-14-7-3-4-8-15(14)13-20-19(22)18-11-12-21(26(2,23)24)16-9-5-6-10-17(16)25-18/h3-10,18H,11-13H2,1-2H3,(H,20,22). The molecule has 26 heavy (non-hydrogen) atoms. The van der Waals surface area contributed by atoms with E-state index in [1.54, 1.807) is 24.3 Å². The van der Waals surface area contributed by atoms with Crippen molar-refractivity contribution in [3.05, 3.63) is 59.7 Å². The van der Waals surface area contributed by atoms with Gasteiger partial charge in [0.2, 0.25) is 10.0 Å². The number of carbonyl (C=O) groups is 1. The summed E-state index contributed by atoms with van der Waals surface area (Å²) in [6.07, 6.45) is 0.691. The van der Waals surface area contributed by atoms with Gasteiger partial charge in [0, 0.05) is 19.5 Å². The zero-order valence-corrected chi connectivity index (χ0v) is 15.6. The average Bonchev–Trinajstić information content (AvgIpc) is 2.80. The van der Waals surface area contributed by atoms with E-state index in [-0.39, 0.29) is 18.9 Å². The number of aryl methyl sites for hydroxylation is 1. The van der Waals surface area contributed by atoms with Crippen molar-refractivity contribution in [2.24, 2.45) is 0 Å². The molecule has 138 valence electrons. The van der Waals surface area contributed by atoms with Crippen LogP contribution in [0.25, 0.3) is 0 Å². The lowest BCUT2D eigenvalue weighted by atomic mass is 10.1. The molecule has 0 saturated heterocycles. The zero-order chi connectivity index (χ0) is 18.7. The Hall–Kier alpha value is -2.54. The molecular weight excluding hydrogens is 352 g/mol. The van der Waals surface area contributed by atoms with Crippen molar-refractivity contribution in [1.82, 2.24) is 5.32 Å². The molecular formula is C19H22N2O4S. The Morgan fingerprint density at radius 3 is 2.62 bits per heavy atom. The molecule has 1 aliphatic heterocycles. The maximum Gasteiger partial charge on any atom is 0.261 e. The normalized spacial score (nSPS) is 17.0. The van der Waals surface area contributed by atoms with Crippen LogP contribution in [0.15, 0.2) is 48.5 Å². The molecule has 1 amide bonds. The number of benzene rings is 2. The van der Waals surface area contributed by atoms with Crippen molar-refractivity contribution in [3.63, 3.8) is 0 Å². The van der Waals surface area contributed by atoms with Crippen LogP contribution in [0.4, 0.5) is 5.69 Å². The third-order valence-electron chi connectivity index (χ3n) is 4.40. The van der Waals surface area contributed by atoms with Gasteiger partial charge in [0.25, 0.3) is 5.91 Å². The maximum absolute atomic E-state index is 12.6. The number of fused-ring (bicyclic) bond motifs is 1. The number of nitrogens with zero attached hydrogens (tertiary/aromatic N) is 1. The fourth-order valence-electron chi connectivity index (χ4n) is 2.96. The lowest BCUT2D eigenvalue weighted by Gasteiger charge is -2.20. The lowest BCUT2D eigenvalue weighted by molar-refractivity contribution is -0.128. The van der Waals surface area contributed by atoms with Gasteiger partial charge in [0.15, 0.2) is 6.10 Å². The fourth-order valence-corrected chi connectivity index (χ4v) is 3.91. The van der Waals surface area contributed by atoms with E-state index in [0.717, 1.165) is 17.4 Å². The highest BCUT2D eigenvalue weighted by atomic mass is 32.2. The quantitative estimate of drug-likeness (QED) is 0.890. The largest absolute Gasteiger partial charge is 0.478 e. The van der Waals surface area contributed by atoms with Gasteiger partial charge < -0.3 is 10.1 Å². The highest BCUT2D eigenvalue weighted by Gasteiger charge is 2.30. The van der Waals surface area contributed by atoms with Crippen LogP contribution in [0, 0.1) is 6.92 Å². The summed E-state index contributed by atoms with van der Waals surface area (Å²) >= 11 is 0. The summed E-state index contributed by atoms with van der Waals surface area (Å²) in [5.74, 6) is 0.143. The molecule has 3 rings (SSSR count). The van der Waals surface area contributed by atoms with Crippen molar-refractivity contribution >= 4 is 21.6 Å². The molecule has 1 heterocycles. The molecule has 0 saturated carbocycles. The third kappa shape index (κ3) is 3.99. The van der Waals surface area contributed by atoms with Crippen LogP contribution >= 0.6 is 0 Å². The summed E-state index contributed by atoms with van der Waals surface area (Å²) < 4.78 is 31.3. The molecule has 0 aliphatic carbocycles. The average molecular weight is 374 g/mol. The van der Waals surface area contributed by atoms with Gasteiger partial charge >= 0.3 is 0 Å². The number of rotatable bonds is 4. The molecule has 0 aromatic heterocycles. The molecule has 6 nitrogen and oxygen atoms in total. The van der Waals surface area contributed by atoms with Crippen molar-refractivity contribution < 1.29 is 17.9 Å². The Labute approximate surface area is 153 Å². The van der Waals surface area contributed by atoms with E-state index in [4.69, 9.17) is 4.74 Å². The second kappa shape index (κ2) is 7.37. The Morgan fingerprint density at radius 1 is 1.19 bits per heavy atom. The first kappa shape index (κ1) is 18.3. The Bertz CT molecular complexity index is 911. The van der Waals surface area contributed by atoms with Crippen molar-refractivity contribution in [1.29, 1.82) is 0 Å². The number of amides is 1. The van der Waals surface area contributed by atoms with Crippen LogP contribution in [-0.4, -0.2) is 33.2 Å². The van der Waals surface area contributed by atoms with Crippen molar-refractivity contribution in [2.45, 2.75) is 26.0 Å². The molecule has 0 fully saturated rings. The van der Waals surface area contributed by atoms with Crippen LogP contribution in [0.2, 0.25) is 0 Å². The van der Waals surface area contributed by atoms with Gasteiger partial charge in [-0.3, -0.25) is 9.10 Å². The first-order chi connectivity index (χ1) is 12.4. The second-order valence-electron chi connectivity index (χ2n) is 6.34. The third-order valence-corrected chi connectivity index (χ3v) is 5.58. The topological polar surface area (TPSA) is 75.7 Å². The number of anilines is 1. The molecule has 0 bridgehead atoms. The van der Waals surface area contributed by atoms with Crippen LogP contribution in [0.5, 0.6) is 5.75 Å². The second-order valence-corrected chi connectivity index (χ2v) is 8.25. The van der Waals surface area contributed by atoms with E-state index in [2.05, 4.69) is 5.32 Å². The smallest absolute Gasteiger partial charge is 0.261 e. The summed E-state index contributed by atoms with van der Waals surface area (Å²) in [6.45, 7) is 2.59. The molecule has 7 heteroatoms. The summed E-state index contributed by atoms with van der Waals surface area (Å²) in [5, 5.41) is 2.89. The van der Waals surface area contributed by atoms with Crippen molar-refractivity contribution in [2.75, 3.05) is 17.1 Å². The van der Waals surface area contributed by atoms with E-state index in [0.29, 0.717) is 18.0 Å². The van der Waals surface area contributed by atoms with Gasteiger partial charge in [-0.05, 0) is 30.2 Å². The van der Waals surface area contributed by atoms with Crippen LogP contribution in [-0.2, 0) is 21.4 Å². The molecule has 1 atom stereocenters. The number of nitrogens with one attached hydrogen (secondary N) is 1. The minimum absolute atomic E-state index is 0.193. The first-order valence-corrected chi connectivity index (χ1v) is 10.3. The summed E-state index contributed by atoms with van der Waals surface area (Å²) in [6, 6.07) is 14.7. The lowest BCUT2D eigenvalue weighted by Crippen LogP contribution is -2.39. The molecule has 1 unspecified atom stereocenters. The van der Waals surface area contributed by atoms with Crippen LogP contribution in [0.3, 0.4) is 0 Å². The van der Waals surface area contributed by atoms with E-state index < -0.39 is 16.1 Å². The molecule has 1 aliphatic rings. The highest BCUT2D eigenvalue weighted by molar-refractivity contribution is 7.92. The molecule has 0 spiro atoms. The van der Waals surface area contributed by atoms with Gasteiger partial charge in [-0.15, -0.1) is 0 Å². The monoisotopic (exact) mass is 374 g/mol. The number of ether oxygens (including phenoxy) is 1. The fraction of sp³-hybridized carbons (Fsp3) is 0.316. The Kier molecular flexibility index (Phi) is 5.18. The van der Waals surface area contributed by atoms with Crippen LogP contribution < -0.4 is 14.4 Å². The number of hydrogen-bond acceptors (Lipinski definition) is 4. The minimum atomic E-state index is -3.45. The summed E-state index contributed by atoms with van der Waals surface area (Å²) in [4.78, 5) is 12.6. The van der Waals surface area contributed by atoms with E-state index in [9.17, 15) is 13.2 Å². The van der Waals surface area contributed by atoms with Gasteiger partial charge in [-0.1, -0.05) is 36.4 Å². The van der Waals surface area contributed by atoms with Gasteiger partial charge in [0.05, 0.1) is 11.9 Å². The highest BCUT2D eigenvalue weighted by Crippen LogP contribution is 2.33.